The third kappa shape index (κ3) is 2.93. The van der Waals surface area contributed by atoms with Crippen molar-refractivity contribution in [1.82, 2.24) is 15.3 Å². The maximum absolute atomic E-state index is 13.0. The molecule has 0 aliphatic carbocycles. The van der Waals surface area contributed by atoms with Gasteiger partial charge in [0.2, 0.25) is 0 Å². The molecule has 0 radical (unpaired) electrons. The van der Waals surface area contributed by atoms with Crippen molar-refractivity contribution in [3.8, 4) is 11.3 Å². The van der Waals surface area contributed by atoms with E-state index in [9.17, 15) is 4.39 Å². The van der Waals surface area contributed by atoms with E-state index in [0.717, 1.165) is 49.7 Å². The van der Waals surface area contributed by atoms with Gasteiger partial charge in [0, 0.05) is 31.3 Å². The van der Waals surface area contributed by atoms with Gasteiger partial charge < -0.3 is 10.2 Å². The van der Waals surface area contributed by atoms with E-state index in [0.29, 0.717) is 0 Å². The quantitative estimate of drug-likeness (QED) is 0.909. The molecule has 2 aromatic rings. The average Bonchev–Trinajstić information content (AvgIpc) is 2.77. The van der Waals surface area contributed by atoms with Crippen LogP contribution in [-0.4, -0.2) is 36.1 Å². The normalized spacial score (nSPS) is 15.9. The molecule has 20 heavy (non-hydrogen) atoms. The first-order chi connectivity index (χ1) is 9.83. The minimum absolute atomic E-state index is 0.235. The third-order valence-electron chi connectivity index (χ3n) is 3.46. The van der Waals surface area contributed by atoms with Crippen LogP contribution in [0, 0.1) is 5.82 Å². The molecule has 1 aromatic heterocycles. The van der Waals surface area contributed by atoms with E-state index in [1.54, 1.807) is 18.5 Å². The first-order valence-electron chi connectivity index (χ1n) is 6.86. The van der Waals surface area contributed by atoms with E-state index in [4.69, 9.17) is 0 Å². The molecule has 3 rings (SSSR count). The molecule has 1 N–H and O–H groups in total. The van der Waals surface area contributed by atoms with Gasteiger partial charge in [-0.2, -0.15) is 0 Å². The summed E-state index contributed by atoms with van der Waals surface area (Å²) in [5.74, 6) is 0.699. The van der Waals surface area contributed by atoms with Crippen LogP contribution < -0.4 is 10.2 Å². The van der Waals surface area contributed by atoms with Crippen LogP contribution in [0.15, 0.2) is 36.7 Å². The lowest BCUT2D eigenvalue weighted by molar-refractivity contribution is 0.628. The number of halogens is 1. The Morgan fingerprint density at radius 1 is 1.05 bits per heavy atom. The fraction of sp³-hybridized carbons (Fsp3) is 0.333. The lowest BCUT2D eigenvalue weighted by Gasteiger charge is -2.21. The van der Waals surface area contributed by atoms with Crippen molar-refractivity contribution in [1.29, 1.82) is 0 Å². The second-order valence-corrected chi connectivity index (χ2v) is 4.86. The molecule has 1 saturated heterocycles. The van der Waals surface area contributed by atoms with E-state index in [1.807, 2.05) is 6.07 Å². The molecule has 1 aliphatic heterocycles. The van der Waals surface area contributed by atoms with Crippen LogP contribution in [-0.2, 0) is 0 Å². The summed E-state index contributed by atoms with van der Waals surface area (Å²) < 4.78 is 13.0. The van der Waals surface area contributed by atoms with E-state index in [-0.39, 0.29) is 5.82 Å². The zero-order valence-electron chi connectivity index (χ0n) is 11.2. The highest BCUT2D eigenvalue weighted by Gasteiger charge is 2.12. The first-order valence-corrected chi connectivity index (χ1v) is 6.86. The Balaban J connectivity index is 1.86. The van der Waals surface area contributed by atoms with Crippen LogP contribution >= 0.6 is 0 Å². The van der Waals surface area contributed by atoms with Crippen molar-refractivity contribution in [2.45, 2.75) is 6.42 Å². The van der Waals surface area contributed by atoms with Gasteiger partial charge in [0.1, 0.15) is 18.0 Å². The highest BCUT2D eigenvalue weighted by atomic mass is 19.1. The summed E-state index contributed by atoms with van der Waals surface area (Å²) in [6.07, 6.45) is 2.68. The van der Waals surface area contributed by atoms with Crippen molar-refractivity contribution in [2.24, 2.45) is 0 Å². The van der Waals surface area contributed by atoms with E-state index in [1.165, 1.54) is 12.1 Å². The van der Waals surface area contributed by atoms with Crippen molar-refractivity contribution >= 4 is 5.82 Å². The number of hydrogen-bond donors (Lipinski definition) is 1. The Morgan fingerprint density at radius 2 is 1.90 bits per heavy atom. The fourth-order valence-corrected chi connectivity index (χ4v) is 2.37. The maximum Gasteiger partial charge on any atom is 0.132 e. The van der Waals surface area contributed by atoms with Gasteiger partial charge in [-0.25, -0.2) is 14.4 Å². The number of nitrogens with one attached hydrogen (secondary N) is 1. The molecule has 1 aliphatic rings. The van der Waals surface area contributed by atoms with Crippen molar-refractivity contribution < 1.29 is 4.39 Å². The standard InChI is InChI=1S/C15H17FN4/c16-13-4-2-12(3-5-13)14-10-15(19-11-18-14)20-8-1-6-17-7-9-20/h2-5,10-11,17H,1,6-9H2. The Labute approximate surface area is 117 Å². The lowest BCUT2D eigenvalue weighted by atomic mass is 10.1. The number of benzene rings is 1. The van der Waals surface area contributed by atoms with Crippen LogP contribution in [0.5, 0.6) is 0 Å². The van der Waals surface area contributed by atoms with E-state index in [2.05, 4.69) is 20.2 Å². The molecular weight excluding hydrogens is 255 g/mol. The third-order valence-corrected chi connectivity index (χ3v) is 3.46. The second-order valence-electron chi connectivity index (χ2n) is 4.86. The SMILES string of the molecule is Fc1ccc(-c2cc(N3CCCNCC3)ncn2)cc1. The number of nitrogens with zero attached hydrogens (tertiary/aromatic N) is 3. The van der Waals surface area contributed by atoms with Gasteiger partial charge in [-0.15, -0.1) is 0 Å². The van der Waals surface area contributed by atoms with Gasteiger partial charge in [0.25, 0.3) is 0 Å². The molecule has 0 spiro atoms. The summed E-state index contributed by atoms with van der Waals surface area (Å²) in [5.41, 5.74) is 1.73. The van der Waals surface area contributed by atoms with Crippen molar-refractivity contribution in [3.63, 3.8) is 0 Å². The monoisotopic (exact) mass is 272 g/mol. The van der Waals surface area contributed by atoms with Gasteiger partial charge in [-0.1, -0.05) is 0 Å². The average molecular weight is 272 g/mol. The molecule has 4 nitrogen and oxygen atoms in total. The molecule has 104 valence electrons. The summed E-state index contributed by atoms with van der Waals surface area (Å²) in [5, 5.41) is 3.37. The van der Waals surface area contributed by atoms with Crippen molar-refractivity contribution in [3.05, 3.63) is 42.5 Å². The smallest absolute Gasteiger partial charge is 0.132 e. The maximum atomic E-state index is 13.0. The zero-order valence-corrected chi connectivity index (χ0v) is 11.2. The molecule has 2 heterocycles. The largest absolute Gasteiger partial charge is 0.355 e. The number of aromatic nitrogens is 2. The molecule has 5 heteroatoms. The van der Waals surface area contributed by atoms with Crippen LogP contribution in [0.1, 0.15) is 6.42 Å². The van der Waals surface area contributed by atoms with Crippen LogP contribution in [0.4, 0.5) is 10.2 Å². The summed E-state index contributed by atoms with van der Waals surface area (Å²) in [7, 11) is 0. The van der Waals surface area contributed by atoms with Crippen molar-refractivity contribution in [2.75, 3.05) is 31.1 Å². The molecule has 0 atom stereocenters. The van der Waals surface area contributed by atoms with Gasteiger partial charge in [0.05, 0.1) is 5.69 Å². The Bertz CT molecular complexity index is 562. The minimum Gasteiger partial charge on any atom is -0.355 e. The second kappa shape index (κ2) is 5.96. The Kier molecular flexibility index (Phi) is 3.87. The van der Waals surface area contributed by atoms with Gasteiger partial charge in [-0.3, -0.25) is 0 Å². The van der Waals surface area contributed by atoms with E-state index < -0.39 is 0 Å². The molecule has 0 amide bonds. The summed E-state index contributed by atoms with van der Waals surface area (Å²) in [4.78, 5) is 10.9. The highest BCUT2D eigenvalue weighted by Crippen LogP contribution is 2.21. The number of rotatable bonds is 2. The summed E-state index contributed by atoms with van der Waals surface area (Å²) in [6.45, 7) is 3.95. The predicted molar refractivity (Wildman–Crippen MR) is 77.1 cm³/mol. The Hall–Kier alpha value is -2.01. The summed E-state index contributed by atoms with van der Waals surface area (Å²) >= 11 is 0. The van der Waals surface area contributed by atoms with Crippen LogP contribution in [0.3, 0.4) is 0 Å². The molecule has 0 unspecified atom stereocenters. The Morgan fingerprint density at radius 3 is 2.75 bits per heavy atom. The zero-order chi connectivity index (χ0) is 13.8. The highest BCUT2D eigenvalue weighted by molar-refractivity contribution is 5.62. The molecular formula is C15H17FN4. The predicted octanol–water partition coefficient (Wildman–Crippen LogP) is 2.08. The topological polar surface area (TPSA) is 41.0 Å². The minimum atomic E-state index is -0.235. The van der Waals surface area contributed by atoms with Crippen LogP contribution in [0.25, 0.3) is 11.3 Å². The lowest BCUT2D eigenvalue weighted by Crippen LogP contribution is -2.28. The van der Waals surface area contributed by atoms with Crippen LogP contribution in [0.2, 0.25) is 0 Å². The molecule has 1 aromatic carbocycles. The number of anilines is 1. The molecule has 0 saturated carbocycles. The molecule has 0 bridgehead atoms. The fourth-order valence-electron chi connectivity index (χ4n) is 2.37. The molecule has 1 fully saturated rings. The van der Waals surface area contributed by atoms with Gasteiger partial charge in [-0.05, 0) is 37.2 Å². The van der Waals surface area contributed by atoms with Gasteiger partial charge in [0.15, 0.2) is 0 Å². The first kappa shape index (κ1) is 13.0. The number of hydrogen-bond acceptors (Lipinski definition) is 4. The van der Waals surface area contributed by atoms with E-state index >= 15 is 0 Å². The van der Waals surface area contributed by atoms with Gasteiger partial charge >= 0.3 is 0 Å². The summed E-state index contributed by atoms with van der Waals surface area (Å²) in [6, 6.07) is 8.36.